The maximum Gasteiger partial charge on any atom is 0.311 e. The predicted octanol–water partition coefficient (Wildman–Crippen LogP) is 1.46. The Labute approximate surface area is 117 Å². The number of pyridine rings is 1. The number of nitrogens with zero attached hydrogens (tertiary/aromatic N) is 1. The Hall–Kier alpha value is -2.11. The van der Waals surface area contributed by atoms with Gasteiger partial charge in [-0.2, -0.15) is 0 Å². The molecule has 0 saturated heterocycles. The molecule has 2 rings (SSSR count). The highest BCUT2D eigenvalue weighted by molar-refractivity contribution is 5.97. The molecule has 1 aliphatic rings. The van der Waals surface area contributed by atoms with Crippen molar-refractivity contribution in [3.63, 3.8) is 0 Å². The summed E-state index contributed by atoms with van der Waals surface area (Å²) in [5, 5.41) is 12.1. The van der Waals surface area contributed by atoms with Gasteiger partial charge in [0.2, 0.25) is 5.88 Å². The molecule has 1 heterocycles. The first-order valence-electron chi connectivity index (χ1n) is 6.52. The number of amides is 1. The van der Waals surface area contributed by atoms with Crippen LogP contribution in [0.5, 0.6) is 5.88 Å². The Morgan fingerprint density at radius 3 is 2.95 bits per heavy atom. The first kappa shape index (κ1) is 14.3. The Morgan fingerprint density at radius 2 is 2.30 bits per heavy atom. The van der Waals surface area contributed by atoms with Crippen molar-refractivity contribution in [2.45, 2.75) is 32.2 Å². The number of carbonyl (C=O) groups excluding carboxylic acids is 1. The smallest absolute Gasteiger partial charge is 0.311 e. The molecule has 1 aromatic rings. The fourth-order valence-corrected chi connectivity index (χ4v) is 2.62. The average molecular weight is 278 g/mol. The lowest BCUT2D eigenvalue weighted by Gasteiger charge is -2.27. The number of hydrogen-bond acceptors (Lipinski definition) is 4. The molecule has 6 nitrogen and oxygen atoms in total. The number of carboxylic acid groups (broad SMARTS) is 1. The second kappa shape index (κ2) is 5.48. The van der Waals surface area contributed by atoms with Crippen LogP contribution in [-0.4, -0.2) is 35.1 Å². The molecule has 1 aliphatic carbocycles. The van der Waals surface area contributed by atoms with Crippen LogP contribution in [0.1, 0.15) is 36.5 Å². The SMILES string of the molecule is COc1ncccc1C(=O)NC1CCCC1(C)C(=O)O. The standard InChI is InChI=1S/C14H18N2O4/c1-14(13(18)19)7-3-6-10(14)16-11(17)9-5-4-8-15-12(9)20-2/h4-5,8,10H,3,6-7H2,1-2H3,(H,16,17)(H,18,19). The molecule has 0 aromatic carbocycles. The normalized spacial score (nSPS) is 25.2. The van der Waals surface area contributed by atoms with Gasteiger partial charge in [-0.15, -0.1) is 0 Å². The molecule has 2 atom stereocenters. The quantitative estimate of drug-likeness (QED) is 0.870. The van der Waals surface area contributed by atoms with Crippen LogP contribution < -0.4 is 10.1 Å². The molecule has 2 unspecified atom stereocenters. The fourth-order valence-electron chi connectivity index (χ4n) is 2.62. The van der Waals surface area contributed by atoms with Gasteiger partial charge in [-0.05, 0) is 31.9 Å². The van der Waals surface area contributed by atoms with Gasteiger partial charge >= 0.3 is 5.97 Å². The lowest BCUT2D eigenvalue weighted by atomic mass is 9.85. The van der Waals surface area contributed by atoms with E-state index in [1.54, 1.807) is 19.1 Å². The van der Waals surface area contributed by atoms with Gasteiger partial charge in [0.05, 0.1) is 12.5 Å². The molecular weight excluding hydrogens is 260 g/mol. The molecule has 0 bridgehead atoms. The van der Waals surface area contributed by atoms with E-state index in [0.29, 0.717) is 18.4 Å². The monoisotopic (exact) mass is 278 g/mol. The maximum atomic E-state index is 12.3. The van der Waals surface area contributed by atoms with E-state index in [-0.39, 0.29) is 17.8 Å². The molecule has 108 valence electrons. The number of aliphatic carboxylic acids is 1. The molecule has 0 radical (unpaired) electrons. The highest BCUT2D eigenvalue weighted by Gasteiger charge is 2.46. The van der Waals surface area contributed by atoms with Gasteiger partial charge in [0.25, 0.3) is 5.91 Å². The van der Waals surface area contributed by atoms with E-state index in [2.05, 4.69) is 10.3 Å². The lowest BCUT2D eigenvalue weighted by molar-refractivity contribution is -0.148. The van der Waals surface area contributed by atoms with Gasteiger partial charge in [-0.3, -0.25) is 9.59 Å². The zero-order valence-electron chi connectivity index (χ0n) is 11.5. The first-order chi connectivity index (χ1) is 9.49. The third-order valence-corrected chi connectivity index (χ3v) is 3.96. The number of ether oxygens (including phenoxy) is 1. The van der Waals surface area contributed by atoms with E-state index in [0.717, 1.165) is 6.42 Å². The summed E-state index contributed by atoms with van der Waals surface area (Å²) in [5.74, 6) is -0.993. The van der Waals surface area contributed by atoms with Crippen LogP contribution >= 0.6 is 0 Å². The number of aromatic nitrogens is 1. The topological polar surface area (TPSA) is 88.5 Å². The number of rotatable bonds is 4. The minimum Gasteiger partial charge on any atom is -0.481 e. The Kier molecular flexibility index (Phi) is 3.92. The second-order valence-electron chi connectivity index (χ2n) is 5.20. The molecule has 1 fully saturated rings. The van der Waals surface area contributed by atoms with Crippen LogP contribution in [0.3, 0.4) is 0 Å². The van der Waals surface area contributed by atoms with Crippen LogP contribution in [0.15, 0.2) is 18.3 Å². The van der Waals surface area contributed by atoms with E-state index in [4.69, 9.17) is 4.74 Å². The maximum absolute atomic E-state index is 12.3. The summed E-state index contributed by atoms with van der Waals surface area (Å²) in [7, 11) is 1.44. The van der Waals surface area contributed by atoms with Crippen molar-refractivity contribution >= 4 is 11.9 Å². The molecule has 0 aliphatic heterocycles. The number of carboxylic acids is 1. The third-order valence-electron chi connectivity index (χ3n) is 3.96. The van der Waals surface area contributed by atoms with E-state index >= 15 is 0 Å². The number of methoxy groups -OCH3 is 1. The molecule has 1 amide bonds. The Morgan fingerprint density at radius 1 is 1.55 bits per heavy atom. The third kappa shape index (κ3) is 2.45. The number of hydrogen-bond donors (Lipinski definition) is 2. The van der Waals surface area contributed by atoms with Crippen LogP contribution in [0.25, 0.3) is 0 Å². The van der Waals surface area contributed by atoms with Crippen LogP contribution in [-0.2, 0) is 4.79 Å². The van der Waals surface area contributed by atoms with Crippen molar-refractivity contribution in [1.82, 2.24) is 10.3 Å². The van der Waals surface area contributed by atoms with Gasteiger partial charge < -0.3 is 15.2 Å². The zero-order valence-corrected chi connectivity index (χ0v) is 11.5. The summed E-state index contributed by atoms with van der Waals surface area (Å²) in [4.78, 5) is 27.6. The molecule has 1 aromatic heterocycles. The molecular formula is C14H18N2O4. The molecule has 20 heavy (non-hydrogen) atoms. The second-order valence-corrected chi connectivity index (χ2v) is 5.20. The van der Waals surface area contributed by atoms with Crippen molar-refractivity contribution in [3.8, 4) is 5.88 Å². The van der Waals surface area contributed by atoms with Crippen molar-refractivity contribution in [2.24, 2.45) is 5.41 Å². The van der Waals surface area contributed by atoms with Gasteiger partial charge in [-0.1, -0.05) is 6.42 Å². The van der Waals surface area contributed by atoms with E-state index in [9.17, 15) is 14.7 Å². The van der Waals surface area contributed by atoms with E-state index < -0.39 is 11.4 Å². The predicted molar refractivity (Wildman–Crippen MR) is 71.6 cm³/mol. The summed E-state index contributed by atoms with van der Waals surface area (Å²) in [6.45, 7) is 1.67. The number of carbonyl (C=O) groups is 2. The van der Waals surface area contributed by atoms with Gasteiger partial charge in [0.1, 0.15) is 5.56 Å². The fraction of sp³-hybridized carbons (Fsp3) is 0.500. The van der Waals surface area contributed by atoms with Crippen LogP contribution in [0, 0.1) is 5.41 Å². The average Bonchev–Trinajstić information content (AvgIpc) is 2.81. The van der Waals surface area contributed by atoms with Gasteiger partial charge in [0.15, 0.2) is 0 Å². The Bertz CT molecular complexity index is 532. The molecule has 2 N–H and O–H groups in total. The summed E-state index contributed by atoms with van der Waals surface area (Å²) in [5.41, 5.74) is -0.597. The first-order valence-corrected chi connectivity index (χ1v) is 6.52. The highest BCUT2D eigenvalue weighted by Crippen LogP contribution is 2.38. The van der Waals surface area contributed by atoms with E-state index in [1.165, 1.54) is 13.3 Å². The van der Waals surface area contributed by atoms with Crippen molar-refractivity contribution < 1.29 is 19.4 Å². The van der Waals surface area contributed by atoms with Gasteiger partial charge in [-0.25, -0.2) is 4.98 Å². The van der Waals surface area contributed by atoms with Crippen molar-refractivity contribution in [1.29, 1.82) is 0 Å². The zero-order chi connectivity index (χ0) is 14.8. The van der Waals surface area contributed by atoms with Gasteiger partial charge in [0, 0.05) is 12.2 Å². The summed E-state index contributed by atoms with van der Waals surface area (Å²) in [6, 6.07) is 2.87. The van der Waals surface area contributed by atoms with Crippen molar-refractivity contribution in [3.05, 3.63) is 23.9 Å². The summed E-state index contributed by atoms with van der Waals surface area (Å²) < 4.78 is 5.04. The Balaban J connectivity index is 2.18. The summed E-state index contributed by atoms with van der Waals surface area (Å²) >= 11 is 0. The highest BCUT2D eigenvalue weighted by atomic mass is 16.5. The largest absolute Gasteiger partial charge is 0.481 e. The lowest BCUT2D eigenvalue weighted by Crippen LogP contribution is -2.47. The summed E-state index contributed by atoms with van der Waals surface area (Å²) in [6.07, 6.45) is 3.55. The molecule has 0 spiro atoms. The number of nitrogens with one attached hydrogen (secondary N) is 1. The van der Waals surface area contributed by atoms with Crippen molar-refractivity contribution in [2.75, 3.05) is 7.11 Å². The van der Waals surface area contributed by atoms with Crippen LogP contribution in [0.2, 0.25) is 0 Å². The van der Waals surface area contributed by atoms with E-state index in [1.807, 2.05) is 0 Å². The van der Waals surface area contributed by atoms with Crippen LogP contribution in [0.4, 0.5) is 0 Å². The minimum absolute atomic E-state index is 0.236. The minimum atomic E-state index is -0.912. The molecule has 6 heteroatoms. The molecule has 1 saturated carbocycles.